The lowest BCUT2D eigenvalue weighted by Crippen LogP contribution is -2.13. The van der Waals surface area contributed by atoms with E-state index in [1.807, 2.05) is 0 Å². The topological polar surface area (TPSA) is 87.3 Å². The van der Waals surface area contributed by atoms with Gasteiger partial charge in [-0.25, -0.2) is 0 Å². The summed E-state index contributed by atoms with van der Waals surface area (Å²) in [5, 5.41) is 13.2. The number of carbonyl (C=O) groups is 1. The molecule has 24 heavy (non-hydrogen) atoms. The van der Waals surface area contributed by atoms with Crippen LogP contribution in [0.1, 0.15) is 16.1 Å². The van der Waals surface area contributed by atoms with E-state index in [0.29, 0.717) is 4.68 Å². The Morgan fingerprint density at radius 3 is 2.67 bits per heavy atom. The van der Waals surface area contributed by atoms with E-state index in [0.717, 1.165) is 13.1 Å². The number of aromatic nitrogens is 2. The van der Waals surface area contributed by atoms with E-state index < -0.39 is 40.0 Å². The fraction of sp³-hybridized carbons (Fsp3) is 0.231. The average molecular weight is 364 g/mol. The molecule has 0 radical (unpaired) electrons. The number of benzene rings is 1. The highest BCUT2D eigenvalue weighted by molar-refractivity contribution is 6.32. The van der Waals surface area contributed by atoms with Crippen LogP contribution in [-0.2, 0) is 13.2 Å². The number of rotatable bonds is 5. The predicted octanol–water partition coefficient (Wildman–Crippen LogP) is 3.34. The Labute approximate surface area is 137 Å². The number of ether oxygens (including phenoxy) is 1. The molecule has 7 nitrogen and oxygen atoms in total. The Balaban J connectivity index is 2.30. The molecule has 0 aliphatic rings. The molecule has 0 fully saturated rings. The van der Waals surface area contributed by atoms with Crippen molar-refractivity contribution >= 4 is 17.4 Å². The minimum Gasteiger partial charge on any atom is -0.436 e. The Bertz CT molecular complexity index is 804. The van der Waals surface area contributed by atoms with Crippen molar-refractivity contribution in [3.05, 3.63) is 50.7 Å². The normalized spacial score (nSPS) is 11.4. The fourth-order valence-corrected chi connectivity index (χ4v) is 2.21. The summed E-state index contributed by atoms with van der Waals surface area (Å²) in [4.78, 5) is 21.2. The molecule has 128 valence electrons. The van der Waals surface area contributed by atoms with Gasteiger partial charge < -0.3 is 4.74 Å². The van der Waals surface area contributed by atoms with Gasteiger partial charge in [-0.15, -0.1) is 5.10 Å². The van der Waals surface area contributed by atoms with E-state index in [1.165, 1.54) is 18.2 Å². The van der Waals surface area contributed by atoms with Crippen LogP contribution in [0, 0.1) is 10.1 Å². The summed E-state index contributed by atoms with van der Waals surface area (Å²) in [5.74, 6) is -1.29. The third-order valence-corrected chi connectivity index (χ3v) is 3.21. The van der Waals surface area contributed by atoms with Gasteiger partial charge in [0.05, 0.1) is 0 Å². The summed E-state index contributed by atoms with van der Waals surface area (Å²) in [6.07, 6.45) is -4.72. The minimum absolute atomic E-state index is 0.0210. The summed E-state index contributed by atoms with van der Waals surface area (Å²) in [7, 11) is 1.05. The van der Waals surface area contributed by atoms with Crippen molar-refractivity contribution in [1.29, 1.82) is 0 Å². The molecule has 0 aliphatic heterocycles. The quantitative estimate of drug-likeness (QED) is 0.462. The maximum Gasteiger partial charge on any atom is 0.434 e. The van der Waals surface area contributed by atoms with Gasteiger partial charge in [-0.05, 0) is 12.1 Å². The Hall–Kier alpha value is -2.62. The van der Waals surface area contributed by atoms with Crippen molar-refractivity contribution in [3.63, 3.8) is 0 Å². The number of hydrogen-bond acceptors (Lipinski definition) is 5. The van der Waals surface area contributed by atoms with Gasteiger partial charge in [0.2, 0.25) is 5.78 Å². The molecule has 0 atom stereocenters. The van der Waals surface area contributed by atoms with Gasteiger partial charge in [0, 0.05) is 17.5 Å². The summed E-state index contributed by atoms with van der Waals surface area (Å²) >= 11 is 5.65. The van der Waals surface area contributed by atoms with Crippen LogP contribution in [0.15, 0.2) is 24.3 Å². The van der Waals surface area contributed by atoms with E-state index in [1.54, 1.807) is 0 Å². The SMILES string of the molecule is Cn1nc(Oc2cccc(C(=O)C[N+](=O)[O-])c2)c(Cl)c1C(F)(F)F. The molecule has 0 bridgehead atoms. The van der Waals surface area contributed by atoms with E-state index in [2.05, 4.69) is 5.10 Å². The zero-order valence-electron chi connectivity index (χ0n) is 12.0. The summed E-state index contributed by atoms with van der Waals surface area (Å²) in [5.41, 5.74) is -1.20. The van der Waals surface area contributed by atoms with Gasteiger partial charge in [0.1, 0.15) is 10.8 Å². The van der Waals surface area contributed by atoms with Crippen LogP contribution in [0.25, 0.3) is 0 Å². The van der Waals surface area contributed by atoms with Crippen molar-refractivity contribution in [2.24, 2.45) is 7.05 Å². The summed E-state index contributed by atoms with van der Waals surface area (Å²) in [6.45, 7) is -0.911. The third kappa shape index (κ3) is 3.82. The molecule has 0 N–H and O–H groups in total. The Kier molecular flexibility index (Phi) is 4.78. The molecule has 1 aromatic carbocycles. The van der Waals surface area contributed by atoms with Gasteiger partial charge >= 0.3 is 6.18 Å². The van der Waals surface area contributed by atoms with Crippen LogP contribution in [0.3, 0.4) is 0 Å². The van der Waals surface area contributed by atoms with Crippen molar-refractivity contribution in [2.45, 2.75) is 6.18 Å². The first-order chi connectivity index (χ1) is 11.1. The maximum atomic E-state index is 12.8. The maximum absolute atomic E-state index is 12.8. The number of nitrogens with zero attached hydrogens (tertiary/aromatic N) is 3. The molecule has 0 amide bonds. The minimum atomic E-state index is -4.72. The number of hydrogen-bond donors (Lipinski definition) is 0. The van der Waals surface area contributed by atoms with E-state index in [9.17, 15) is 28.1 Å². The van der Waals surface area contributed by atoms with Crippen molar-refractivity contribution in [1.82, 2.24) is 9.78 Å². The van der Waals surface area contributed by atoms with Crippen LogP contribution < -0.4 is 4.74 Å². The molecule has 0 unspecified atom stereocenters. The van der Waals surface area contributed by atoms with Gasteiger partial charge in [0.25, 0.3) is 12.4 Å². The van der Waals surface area contributed by atoms with Gasteiger partial charge in [0.15, 0.2) is 5.69 Å². The highest BCUT2D eigenvalue weighted by Crippen LogP contribution is 2.40. The molecule has 11 heteroatoms. The predicted molar refractivity (Wildman–Crippen MR) is 75.9 cm³/mol. The molecule has 2 rings (SSSR count). The first kappa shape index (κ1) is 17.7. The van der Waals surface area contributed by atoms with E-state index in [-0.39, 0.29) is 11.3 Å². The summed E-state index contributed by atoms with van der Waals surface area (Å²) in [6, 6.07) is 5.19. The lowest BCUT2D eigenvalue weighted by atomic mass is 10.1. The number of ketones is 1. The molecule has 2 aromatic rings. The van der Waals surface area contributed by atoms with Crippen LogP contribution in [0.5, 0.6) is 11.6 Å². The number of aryl methyl sites for hydroxylation is 1. The average Bonchev–Trinajstić information content (AvgIpc) is 2.72. The van der Waals surface area contributed by atoms with E-state index in [4.69, 9.17) is 16.3 Å². The molecule has 0 aliphatic carbocycles. The fourth-order valence-electron chi connectivity index (χ4n) is 1.90. The first-order valence-electron chi connectivity index (χ1n) is 6.32. The Morgan fingerprint density at radius 1 is 1.46 bits per heavy atom. The molecular weight excluding hydrogens is 355 g/mol. The van der Waals surface area contributed by atoms with E-state index >= 15 is 0 Å². The number of halogens is 4. The number of carbonyl (C=O) groups excluding carboxylic acids is 1. The Morgan fingerprint density at radius 2 is 2.12 bits per heavy atom. The zero-order chi connectivity index (χ0) is 18.1. The molecule has 1 heterocycles. The van der Waals surface area contributed by atoms with Crippen molar-refractivity contribution in [2.75, 3.05) is 6.54 Å². The van der Waals surface area contributed by atoms with Crippen LogP contribution in [0.4, 0.5) is 13.2 Å². The van der Waals surface area contributed by atoms with Crippen LogP contribution in [-0.4, -0.2) is 27.0 Å². The second-order valence-corrected chi connectivity index (χ2v) is 5.01. The number of alkyl halides is 3. The highest BCUT2D eigenvalue weighted by atomic mass is 35.5. The van der Waals surface area contributed by atoms with Crippen molar-refractivity contribution in [3.8, 4) is 11.6 Å². The smallest absolute Gasteiger partial charge is 0.434 e. The second kappa shape index (κ2) is 6.48. The van der Waals surface area contributed by atoms with Gasteiger partial charge in [-0.3, -0.25) is 19.6 Å². The summed E-state index contributed by atoms with van der Waals surface area (Å²) < 4.78 is 44.2. The largest absolute Gasteiger partial charge is 0.436 e. The first-order valence-corrected chi connectivity index (χ1v) is 6.70. The molecule has 0 saturated heterocycles. The zero-order valence-corrected chi connectivity index (χ0v) is 12.8. The lowest BCUT2D eigenvalue weighted by Gasteiger charge is -2.06. The van der Waals surface area contributed by atoms with Gasteiger partial charge in [-0.1, -0.05) is 23.7 Å². The molecular formula is C13H9ClF3N3O4. The second-order valence-electron chi connectivity index (χ2n) is 4.63. The molecule has 0 saturated carbocycles. The van der Waals surface area contributed by atoms with Crippen molar-refractivity contribution < 1.29 is 27.6 Å². The lowest BCUT2D eigenvalue weighted by molar-refractivity contribution is -0.465. The third-order valence-electron chi connectivity index (χ3n) is 2.87. The molecule has 1 aromatic heterocycles. The monoisotopic (exact) mass is 363 g/mol. The number of Topliss-reactive ketones (excluding diaryl/α,β-unsaturated/α-hetero) is 1. The highest BCUT2D eigenvalue weighted by Gasteiger charge is 2.39. The molecule has 0 spiro atoms. The standard InChI is InChI=1S/C13H9ClF3N3O4/c1-19-11(13(15,16)17)10(14)12(18-19)24-8-4-2-3-7(5-8)9(21)6-20(22)23/h2-5H,6H2,1H3. The number of nitro groups is 1. The van der Waals surface area contributed by atoms with Crippen LogP contribution in [0.2, 0.25) is 5.02 Å². The van der Waals surface area contributed by atoms with Crippen LogP contribution >= 0.6 is 11.6 Å². The van der Waals surface area contributed by atoms with Gasteiger partial charge in [-0.2, -0.15) is 13.2 Å².